The molecule has 0 radical (unpaired) electrons. The summed E-state index contributed by atoms with van der Waals surface area (Å²) in [4.78, 5) is 39.7. The van der Waals surface area contributed by atoms with Crippen LogP contribution in [-0.2, 0) is 11.8 Å². The van der Waals surface area contributed by atoms with E-state index in [1.807, 2.05) is 11.0 Å². The number of piperidine rings is 1. The van der Waals surface area contributed by atoms with Gasteiger partial charge in [0.2, 0.25) is 5.95 Å². The van der Waals surface area contributed by atoms with E-state index < -0.39 is 0 Å². The highest BCUT2D eigenvalue weighted by Gasteiger charge is 2.38. The summed E-state index contributed by atoms with van der Waals surface area (Å²) in [5.41, 5.74) is 10.1. The number of rotatable bonds is 4. The Morgan fingerprint density at radius 2 is 1.89 bits per heavy atom. The molecular formula is C28H34N8O2. The molecule has 10 heteroatoms. The van der Waals surface area contributed by atoms with E-state index in [-0.39, 0.29) is 23.2 Å². The summed E-state index contributed by atoms with van der Waals surface area (Å²) in [6, 6.07) is 7.75. The number of aromatic amines is 1. The fourth-order valence-corrected chi connectivity index (χ4v) is 6.31. The number of fused-ring (bicyclic) bond motifs is 3. The van der Waals surface area contributed by atoms with E-state index >= 15 is 0 Å². The van der Waals surface area contributed by atoms with E-state index in [0.29, 0.717) is 40.8 Å². The van der Waals surface area contributed by atoms with Crippen molar-refractivity contribution < 1.29 is 9.59 Å². The first-order valence-electron chi connectivity index (χ1n) is 13.5. The fraction of sp³-hybridized carbons (Fsp3) is 0.464. The number of carbonyl (C=O) groups excluding carboxylic acids is 2. The first-order chi connectivity index (χ1) is 18.3. The van der Waals surface area contributed by atoms with Crippen molar-refractivity contribution in [2.45, 2.75) is 57.4 Å². The quantitative estimate of drug-likeness (QED) is 0.487. The van der Waals surface area contributed by atoms with Gasteiger partial charge in [-0.05, 0) is 74.4 Å². The van der Waals surface area contributed by atoms with Gasteiger partial charge in [-0.2, -0.15) is 5.10 Å². The molecule has 6 rings (SSSR count). The van der Waals surface area contributed by atoms with Crippen LogP contribution in [-0.4, -0.2) is 74.0 Å². The molecule has 4 heterocycles. The lowest BCUT2D eigenvalue weighted by molar-refractivity contribution is 0.0644. The summed E-state index contributed by atoms with van der Waals surface area (Å²) >= 11 is 0. The van der Waals surface area contributed by atoms with Gasteiger partial charge in [0.25, 0.3) is 11.8 Å². The van der Waals surface area contributed by atoms with Gasteiger partial charge in [0.1, 0.15) is 0 Å². The van der Waals surface area contributed by atoms with Gasteiger partial charge in [0.15, 0.2) is 5.69 Å². The molecule has 1 aliphatic carbocycles. The summed E-state index contributed by atoms with van der Waals surface area (Å²) in [6.07, 6.45) is 7.00. The number of anilines is 2. The maximum atomic E-state index is 13.4. The minimum Gasteiger partial charge on any atom is -0.368 e. The Balaban J connectivity index is 1.18. The fourth-order valence-electron chi connectivity index (χ4n) is 6.31. The largest absolute Gasteiger partial charge is 0.368 e. The van der Waals surface area contributed by atoms with Crippen LogP contribution < -0.4 is 11.1 Å². The standard InChI is InChI=1S/C28H34N8O2/c1-28(2)15-18-16-30-27(29)32-22(18)23-21(28)24(34-33-23)25(37)31-19-7-5-6-17(14-19)26(38)36-12-8-20(9-13-36)35-10-3-4-11-35/h5-7,14,16,20H,3-4,8-13,15H2,1-2H3,(H,31,37)(H,33,34)(H2,29,30,32). The molecule has 0 spiro atoms. The van der Waals surface area contributed by atoms with Crippen molar-refractivity contribution in [1.82, 2.24) is 30.0 Å². The third-order valence-corrected chi connectivity index (χ3v) is 8.19. The number of nitrogen functional groups attached to an aromatic ring is 1. The zero-order valence-electron chi connectivity index (χ0n) is 22.0. The molecule has 0 saturated carbocycles. The summed E-state index contributed by atoms with van der Waals surface area (Å²) in [5.74, 6) is -0.151. The van der Waals surface area contributed by atoms with Crippen LogP contribution in [0.4, 0.5) is 11.6 Å². The Hall–Kier alpha value is -3.79. The van der Waals surface area contributed by atoms with Crippen LogP contribution in [0.15, 0.2) is 30.5 Å². The summed E-state index contributed by atoms with van der Waals surface area (Å²) in [6.45, 7) is 8.05. The number of hydrogen-bond acceptors (Lipinski definition) is 7. The lowest BCUT2D eigenvalue weighted by atomic mass is 9.73. The van der Waals surface area contributed by atoms with Crippen LogP contribution >= 0.6 is 0 Å². The molecule has 3 aromatic rings. The van der Waals surface area contributed by atoms with Crippen LogP contribution in [0.1, 0.15) is 71.5 Å². The van der Waals surface area contributed by atoms with E-state index in [9.17, 15) is 9.59 Å². The van der Waals surface area contributed by atoms with Crippen LogP contribution in [0.3, 0.4) is 0 Å². The number of nitrogens with zero attached hydrogens (tertiary/aromatic N) is 5. The van der Waals surface area contributed by atoms with Crippen molar-refractivity contribution in [3.05, 3.63) is 52.8 Å². The molecular weight excluding hydrogens is 480 g/mol. The number of likely N-dealkylation sites (tertiary alicyclic amines) is 2. The van der Waals surface area contributed by atoms with E-state index in [4.69, 9.17) is 5.73 Å². The van der Waals surface area contributed by atoms with Crippen molar-refractivity contribution in [2.75, 3.05) is 37.2 Å². The van der Waals surface area contributed by atoms with E-state index in [0.717, 1.165) is 37.1 Å². The van der Waals surface area contributed by atoms with Crippen molar-refractivity contribution in [2.24, 2.45) is 0 Å². The van der Waals surface area contributed by atoms with Gasteiger partial charge in [-0.1, -0.05) is 19.9 Å². The van der Waals surface area contributed by atoms with E-state index in [1.165, 1.54) is 25.9 Å². The van der Waals surface area contributed by atoms with Crippen molar-refractivity contribution in [3.63, 3.8) is 0 Å². The van der Waals surface area contributed by atoms with Crippen LogP contribution in [0.2, 0.25) is 0 Å². The average Bonchev–Trinajstić information content (AvgIpc) is 3.61. The van der Waals surface area contributed by atoms with E-state index in [1.54, 1.807) is 24.4 Å². The SMILES string of the molecule is CC1(C)Cc2cnc(N)nc2-c2[nH]nc(C(=O)Nc3cccc(C(=O)N4CCC(N5CCCC5)CC4)c3)c21. The third-order valence-electron chi connectivity index (χ3n) is 8.19. The molecule has 1 aromatic carbocycles. The number of benzene rings is 1. The Morgan fingerprint density at radius 3 is 2.66 bits per heavy atom. The van der Waals surface area contributed by atoms with Gasteiger partial charge in [0, 0.05) is 42.1 Å². The molecule has 0 unspecified atom stereocenters. The van der Waals surface area contributed by atoms with Crippen molar-refractivity contribution in [3.8, 4) is 11.4 Å². The first kappa shape index (κ1) is 24.5. The molecule has 2 amide bonds. The molecule has 4 N–H and O–H groups in total. The van der Waals surface area contributed by atoms with Crippen molar-refractivity contribution in [1.29, 1.82) is 0 Å². The number of amides is 2. The van der Waals surface area contributed by atoms with Gasteiger partial charge in [-0.15, -0.1) is 0 Å². The van der Waals surface area contributed by atoms with Crippen molar-refractivity contribution >= 4 is 23.5 Å². The zero-order valence-corrected chi connectivity index (χ0v) is 22.0. The maximum absolute atomic E-state index is 13.4. The predicted molar refractivity (Wildman–Crippen MR) is 145 cm³/mol. The smallest absolute Gasteiger partial charge is 0.276 e. The lowest BCUT2D eigenvalue weighted by Crippen LogP contribution is -2.45. The second-order valence-corrected chi connectivity index (χ2v) is 11.3. The number of nitrogens with two attached hydrogens (primary N) is 1. The minimum absolute atomic E-state index is 0.00753. The van der Waals surface area contributed by atoms with Gasteiger partial charge in [0.05, 0.1) is 11.4 Å². The number of nitrogens with one attached hydrogen (secondary N) is 2. The molecule has 2 aliphatic heterocycles. The van der Waals surface area contributed by atoms with Crippen LogP contribution in [0.5, 0.6) is 0 Å². The van der Waals surface area contributed by atoms with Gasteiger partial charge >= 0.3 is 0 Å². The molecule has 0 bridgehead atoms. The molecule has 38 heavy (non-hydrogen) atoms. The molecule has 198 valence electrons. The Morgan fingerprint density at radius 1 is 1.13 bits per heavy atom. The number of aromatic nitrogens is 4. The number of H-pyrrole nitrogens is 1. The topological polar surface area (TPSA) is 133 Å². The minimum atomic E-state index is -0.361. The normalized spacial score (nSPS) is 19.2. The second kappa shape index (κ2) is 9.50. The lowest BCUT2D eigenvalue weighted by Gasteiger charge is -2.36. The predicted octanol–water partition coefficient (Wildman–Crippen LogP) is 3.24. The maximum Gasteiger partial charge on any atom is 0.276 e. The highest BCUT2D eigenvalue weighted by Crippen LogP contribution is 2.42. The summed E-state index contributed by atoms with van der Waals surface area (Å²) in [7, 11) is 0. The van der Waals surface area contributed by atoms with Crippen LogP contribution in [0.25, 0.3) is 11.4 Å². The molecule has 2 aromatic heterocycles. The Kier molecular flexibility index (Phi) is 6.14. The number of carbonyl (C=O) groups is 2. The van der Waals surface area contributed by atoms with Gasteiger partial charge < -0.3 is 20.9 Å². The molecule has 2 saturated heterocycles. The van der Waals surface area contributed by atoms with Gasteiger partial charge in [-0.25, -0.2) is 9.97 Å². The second-order valence-electron chi connectivity index (χ2n) is 11.3. The molecule has 0 atom stereocenters. The third kappa shape index (κ3) is 4.42. The van der Waals surface area contributed by atoms with E-state index in [2.05, 4.69) is 44.2 Å². The highest BCUT2D eigenvalue weighted by molar-refractivity contribution is 6.06. The highest BCUT2D eigenvalue weighted by atomic mass is 16.2. The summed E-state index contributed by atoms with van der Waals surface area (Å²) < 4.78 is 0. The van der Waals surface area contributed by atoms with Gasteiger partial charge in [-0.3, -0.25) is 14.7 Å². The monoisotopic (exact) mass is 514 g/mol. The zero-order chi connectivity index (χ0) is 26.4. The first-order valence-corrected chi connectivity index (χ1v) is 13.5. The molecule has 3 aliphatic rings. The molecule has 2 fully saturated rings. The average molecular weight is 515 g/mol. The Labute approximate surface area is 222 Å². The Bertz CT molecular complexity index is 1380. The number of hydrogen-bond donors (Lipinski definition) is 3. The summed E-state index contributed by atoms with van der Waals surface area (Å²) in [5, 5.41) is 10.3. The molecule has 10 nitrogen and oxygen atoms in total. The van der Waals surface area contributed by atoms with Crippen LogP contribution in [0, 0.1) is 0 Å².